The Labute approximate surface area is 137 Å². The molecule has 0 unspecified atom stereocenters. The van der Waals surface area contributed by atoms with Crippen LogP contribution in [0.2, 0.25) is 0 Å². The number of rotatable bonds is 4. The van der Waals surface area contributed by atoms with Crippen LogP contribution >= 0.6 is 0 Å². The highest BCUT2D eigenvalue weighted by molar-refractivity contribution is 5.94. The van der Waals surface area contributed by atoms with E-state index in [0.717, 1.165) is 12.0 Å². The summed E-state index contributed by atoms with van der Waals surface area (Å²) in [5, 5.41) is 0. The minimum Gasteiger partial charge on any atom is -0.295 e. The second-order valence-electron chi connectivity index (χ2n) is 5.90. The van der Waals surface area contributed by atoms with E-state index in [9.17, 15) is 4.79 Å². The fourth-order valence-electron chi connectivity index (χ4n) is 2.89. The predicted molar refractivity (Wildman–Crippen MR) is 95.9 cm³/mol. The van der Waals surface area contributed by atoms with Crippen molar-refractivity contribution in [2.24, 2.45) is 0 Å². The Hall–Kier alpha value is -2.67. The minimum absolute atomic E-state index is 0.108. The standard InChI is InChI=1S/C22H20O/c1-16-7-3-5-9-21(16)22-10-6-4-8-20(22)15-18-11-13-19(14-12-18)17(2)23/h3-14H,15H2,1-2H3. The molecule has 0 atom stereocenters. The van der Waals surface area contributed by atoms with Gasteiger partial charge in [-0.3, -0.25) is 4.79 Å². The molecule has 0 radical (unpaired) electrons. The molecule has 0 aliphatic carbocycles. The molecule has 0 saturated heterocycles. The molecule has 0 heterocycles. The summed E-state index contributed by atoms with van der Waals surface area (Å²) >= 11 is 0. The third-order valence-corrected chi connectivity index (χ3v) is 4.21. The maximum atomic E-state index is 11.4. The van der Waals surface area contributed by atoms with Crippen LogP contribution in [0.25, 0.3) is 11.1 Å². The number of benzene rings is 3. The van der Waals surface area contributed by atoms with Gasteiger partial charge < -0.3 is 0 Å². The number of hydrogen-bond donors (Lipinski definition) is 0. The van der Waals surface area contributed by atoms with Gasteiger partial charge in [0.1, 0.15) is 0 Å². The van der Waals surface area contributed by atoms with Gasteiger partial charge in [0, 0.05) is 5.56 Å². The van der Waals surface area contributed by atoms with Crippen molar-refractivity contribution in [1.82, 2.24) is 0 Å². The fourth-order valence-corrected chi connectivity index (χ4v) is 2.89. The quantitative estimate of drug-likeness (QED) is 0.585. The molecule has 3 rings (SSSR count). The highest BCUT2D eigenvalue weighted by Gasteiger charge is 2.08. The number of hydrogen-bond acceptors (Lipinski definition) is 1. The largest absolute Gasteiger partial charge is 0.295 e. The average Bonchev–Trinajstić information content (AvgIpc) is 2.56. The Balaban J connectivity index is 1.95. The van der Waals surface area contributed by atoms with Crippen molar-refractivity contribution in [3.05, 3.63) is 95.1 Å². The molecule has 3 aromatic rings. The van der Waals surface area contributed by atoms with Crippen LogP contribution in [-0.4, -0.2) is 5.78 Å². The second kappa shape index (κ2) is 6.62. The molecule has 0 aromatic heterocycles. The van der Waals surface area contributed by atoms with Gasteiger partial charge in [0.15, 0.2) is 5.78 Å². The van der Waals surface area contributed by atoms with Gasteiger partial charge in [-0.2, -0.15) is 0 Å². The summed E-state index contributed by atoms with van der Waals surface area (Å²) in [5.74, 6) is 0.108. The minimum atomic E-state index is 0.108. The van der Waals surface area contributed by atoms with E-state index >= 15 is 0 Å². The summed E-state index contributed by atoms with van der Waals surface area (Å²) in [6.45, 7) is 3.75. The fraction of sp³-hybridized carbons (Fsp3) is 0.136. The van der Waals surface area contributed by atoms with E-state index in [2.05, 4.69) is 55.5 Å². The molecule has 0 spiro atoms. The van der Waals surface area contributed by atoms with E-state index in [-0.39, 0.29) is 5.78 Å². The number of carbonyl (C=O) groups is 1. The summed E-state index contributed by atoms with van der Waals surface area (Å²) in [7, 11) is 0. The number of carbonyl (C=O) groups excluding carboxylic acids is 1. The van der Waals surface area contributed by atoms with Crippen LogP contribution in [0.1, 0.15) is 34.0 Å². The Bertz CT molecular complexity index is 829. The van der Waals surface area contributed by atoms with Crippen LogP contribution < -0.4 is 0 Å². The Morgan fingerprint density at radius 1 is 0.783 bits per heavy atom. The lowest BCUT2D eigenvalue weighted by Crippen LogP contribution is -1.95. The summed E-state index contributed by atoms with van der Waals surface area (Å²) in [6.07, 6.45) is 0.864. The van der Waals surface area contributed by atoms with Crippen molar-refractivity contribution in [3.63, 3.8) is 0 Å². The molecule has 1 nitrogen and oxygen atoms in total. The highest BCUT2D eigenvalue weighted by Crippen LogP contribution is 2.28. The first-order chi connectivity index (χ1) is 11.1. The molecule has 0 fully saturated rings. The first-order valence-corrected chi connectivity index (χ1v) is 7.89. The summed E-state index contributed by atoms with van der Waals surface area (Å²) in [6, 6.07) is 24.9. The van der Waals surface area contributed by atoms with Crippen LogP contribution in [0, 0.1) is 6.92 Å². The van der Waals surface area contributed by atoms with Gasteiger partial charge in [0.2, 0.25) is 0 Å². The maximum Gasteiger partial charge on any atom is 0.159 e. The molecular formula is C22H20O. The van der Waals surface area contributed by atoms with Crippen molar-refractivity contribution in [1.29, 1.82) is 0 Å². The molecule has 114 valence electrons. The maximum absolute atomic E-state index is 11.4. The van der Waals surface area contributed by atoms with E-state index < -0.39 is 0 Å². The number of aryl methyl sites for hydroxylation is 1. The third-order valence-electron chi connectivity index (χ3n) is 4.21. The van der Waals surface area contributed by atoms with E-state index in [1.54, 1.807) is 6.92 Å². The molecule has 0 amide bonds. The smallest absolute Gasteiger partial charge is 0.159 e. The van der Waals surface area contributed by atoms with Crippen LogP contribution in [0.3, 0.4) is 0 Å². The molecule has 0 bridgehead atoms. The van der Waals surface area contributed by atoms with Crippen LogP contribution in [-0.2, 0) is 6.42 Å². The lowest BCUT2D eigenvalue weighted by Gasteiger charge is -2.12. The van der Waals surface area contributed by atoms with Gasteiger partial charge in [-0.25, -0.2) is 0 Å². The lowest BCUT2D eigenvalue weighted by molar-refractivity contribution is 0.101. The van der Waals surface area contributed by atoms with E-state index in [1.165, 1.54) is 27.8 Å². The molecular weight excluding hydrogens is 280 g/mol. The van der Waals surface area contributed by atoms with Crippen molar-refractivity contribution >= 4 is 5.78 Å². The number of Topliss-reactive ketones (excluding diaryl/α,β-unsaturated/α-hetero) is 1. The van der Waals surface area contributed by atoms with Crippen LogP contribution in [0.5, 0.6) is 0 Å². The third kappa shape index (κ3) is 3.40. The molecule has 1 heteroatoms. The Morgan fingerprint density at radius 3 is 2.04 bits per heavy atom. The molecule has 23 heavy (non-hydrogen) atoms. The van der Waals surface area contributed by atoms with E-state index in [4.69, 9.17) is 0 Å². The topological polar surface area (TPSA) is 17.1 Å². The van der Waals surface area contributed by atoms with Gasteiger partial charge >= 0.3 is 0 Å². The number of ketones is 1. The summed E-state index contributed by atoms with van der Waals surface area (Å²) < 4.78 is 0. The first kappa shape index (κ1) is 15.2. The van der Waals surface area contributed by atoms with Gasteiger partial charge in [0.05, 0.1) is 0 Å². The monoisotopic (exact) mass is 300 g/mol. The zero-order chi connectivity index (χ0) is 16.2. The molecule has 3 aromatic carbocycles. The van der Waals surface area contributed by atoms with E-state index in [1.807, 2.05) is 24.3 Å². The van der Waals surface area contributed by atoms with Crippen LogP contribution in [0.4, 0.5) is 0 Å². The van der Waals surface area contributed by atoms with Crippen molar-refractivity contribution < 1.29 is 4.79 Å². The zero-order valence-electron chi connectivity index (χ0n) is 13.5. The molecule has 0 saturated carbocycles. The SMILES string of the molecule is CC(=O)c1ccc(Cc2ccccc2-c2ccccc2C)cc1. The zero-order valence-corrected chi connectivity index (χ0v) is 13.5. The Morgan fingerprint density at radius 2 is 1.39 bits per heavy atom. The Kier molecular flexibility index (Phi) is 4.38. The highest BCUT2D eigenvalue weighted by atomic mass is 16.1. The van der Waals surface area contributed by atoms with E-state index in [0.29, 0.717) is 0 Å². The predicted octanol–water partition coefficient (Wildman–Crippen LogP) is 5.46. The summed E-state index contributed by atoms with van der Waals surface area (Å²) in [5.41, 5.74) is 7.13. The van der Waals surface area contributed by atoms with Crippen LogP contribution in [0.15, 0.2) is 72.8 Å². The van der Waals surface area contributed by atoms with Crippen molar-refractivity contribution in [3.8, 4) is 11.1 Å². The molecule has 0 N–H and O–H groups in total. The molecule has 0 aliphatic rings. The van der Waals surface area contributed by atoms with Gasteiger partial charge in [0.25, 0.3) is 0 Å². The van der Waals surface area contributed by atoms with Crippen molar-refractivity contribution in [2.75, 3.05) is 0 Å². The first-order valence-electron chi connectivity index (χ1n) is 7.89. The normalized spacial score (nSPS) is 10.5. The van der Waals surface area contributed by atoms with Gasteiger partial charge in [-0.15, -0.1) is 0 Å². The van der Waals surface area contributed by atoms with Gasteiger partial charge in [-0.05, 0) is 48.1 Å². The second-order valence-corrected chi connectivity index (χ2v) is 5.90. The van der Waals surface area contributed by atoms with Gasteiger partial charge in [-0.1, -0.05) is 72.8 Å². The average molecular weight is 300 g/mol. The lowest BCUT2D eigenvalue weighted by atomic mass is 9.92. The summed E-state index contributed by atoms with van der Waals surface area (Å²) in [4.78, 5) is 11.4. The molecule has 0 aliphatic heterocycles. The van der Waals surface area contributed by atoms with Crippen molar-refractivity contribution in [2.45, 2.75) is 20.3 Å².